The standard InChI is InChI=1S/C26H19F3N4O2S/c27-17-8-6-16(7-9-17)22-13-21(15-4-2-1-3-5-15)32-33(22)26-31-25(35)23(36-26)14-24(34)30-18-10-11-19(28)20(29)12-18/h1-12,22-23H,13-14H2,(H,30,34)/t22-,23-/m0/s1. The largest absolute Gasteiger partial charge is 0.326 e. The van der Waals surface area contributed by atoms with Gasteiger partial charge in [0.1, 0.15) is 11.1 Å². The van der Waals surface area contributed by atoms with Gasteiger partial charge in [-0.15, -0.1) is 0 Å². The Morgan fingerprint density at radius 3 is 2.47 bits per heavy atom. The number of amides is 2. The van der Waals surface area contributed by atoms with E-state index < -0.39 is 28.7 Å². The van der Waals surface area contributed by atoms with Crippen molar-refractivity contribution >= 4 is 40.1 Å². The minimum absolute atomic E-state index is 0.0866. The molecular weight excluding hydrogens is 489 g/mol. The average molecular weight is 509 g/mol. The van der Waals surface area contributed by atoms with E-state index in [0.717, 1.165) is 40.7 Å². The highest BCUT2D eigenvalue weighted by Crippen LogP contribution is 2.38. The van der Waals surface area contributed by atoms with Gasteiger partial charge < -0.3 is 5.32 Å². The van der Waals surface area contributed by atoms with Crippen molar-refractivity contribution in [3.8, 4) is 0 Å². The molecule has 0 saturated carbocycles. The van der Waals surface area contributed by atoms with Crippen molar-refractivity contribution in [2.24, 2.45) is 10.1 Å². The molecule has 0 aromatic heterocycles. The summed E-state index contributed by atoms with van der Waals surface area (Å²) >= 11 is 1.11. The minimum Gasteiger partial charge on any atom is -0.326 e. The molecule has 2 heterocycles. The summed E-state index contributed by atoms with van der Waals surface area (Å²) in [5.41, 5.74) is 2.61. The molecule has 6 nitrogen and oxygen atoms in total. The van der Waals surface area contributed by atoms with Gasteiger partial charge in [0.25, 0.3) is 5.91 Å². The van der Waals surface area contributed by atoms with Crippen LogP contribution in [-0.2, 0) is 9.59 Å². The number of nitrogens with zero attached hydrogens (tertiary/aromatic N) is 3. The minimum atomic E-state index is -1.09. The zero-order valence-corrected chi connectivity index (χ0v) is 19.5. The number of carbonyl (C=O) groups excluding carboxylic acids is 2. The maximum atomic E-state index is 13.5. The number of aliphatic imine (C=N–C) groups is 1. The van der Waals surface area contributed by atoms with Crippen molar-refractivity contribution in [2.45, 2.75) is 24.1 Å². The molecule has 0 unspecified atom stereocenters. The third kappa shape index (κ3) is 5.03. The van der Waals surface area contributed by atoms with Crippen LogP contribution in [-0.4, -0.2) is 33.0 Å². The Labute approximate surface area is 208 Å². The number of rotatable bonds is 5. The molecule has 0 aliphatic carbocycles. The second-order valence-corrected chi connectivity index (χ2v) is 9.42. The first-order chi connectivity index (χ1) is 17.4. The lowest BCUT2D eigenvalue weighted by molar-refractivity contribution is -0.121. The second kappa shape index (κ2) is 9.98. The van der Waals surface area contributed by atoms with Crippen LogP contribution in [0.2, 0.25) is 0 Å². The Morgan fingerprint density at radius 1 is 1.00 bits per heavy atom. The molecular formula is C26H19F3N4O2S. The highest BCUT2D eigenvalue weighted by Gasteiger charge is 2.39. The molecule has 2 atom stereocenters. The SMILES string of the molecule is O=C(C[C@@H]1SC(N2N=C(c3ccccc3)C[C@H]2c2ccc(F)cc2)=NC1=O)Nc1ccc(F)c(F)c1. The Balaban J connectivity index is 1.33. The first kappa shape index (κ1) is 23.8. The topological polar surface area (TPSA) is 74.1 Å². The Bertz CT molecular complexity index is 1380. The summed E-state index contributed by atoms with van der Waals surface area (Å²) in [4.78, 5) is 29.3. The number of hydrazone groups is 1. The van der Waals surface area contributed by atoms with E-state index in [1.807, 2.05) is 30.3 Å². The molecule has 0 saturated heterocycles. The molecule has 10 heteroatoms. The van der Waals surface area contributed by atoms with Crippen LogP contribution in [0, 0.1) is 17.5 Å². The summed E-state index contributed by atoms with van der Waals surface area (Å²) in [6.07, 6.45) is 0.310. The van der Waals surface area contributed by atoms with E-state index in [-0.39, 0.29) is 24.0 Å². The van der Waals surface area contributed by atoms with Gasteiger partial charge in [0.05, 0.1) is 11.8 Å². The molecule has 0 spiro atoms. The highest BCUT2D eigenvalue weighted by molar-refractivity contribution is 8.15. The van der Waals surface area contributed by atoms with E-state index in [0.29, 0.717) is 11.6 Å². The van der Waals surface area contributed by atoms with Gasteiger partial charge in [-0.05, 0) is 35.4 Å². The second-order valence-electron chi connectivity index (χ2n) is 8.25. The van der Waals surface area contributed by atoms with Crippen molar-refractivity contribution in [3.63, 3.8) is 0 Å². The summed E-state index contributed by atoms with van der Waals surface area (Å²) in [5, 5.41) is 8.39. The molecule has 2 amide bonds. The fourth-order valence-electron chi connectivity index (χ4n) is 4.00. The van der Waals surface area contributed by atoms with Gasteiger partial charge >= 0.3 is 0 Å². The van der Waals surface area contributed by atoms with Gasteiger partial charge in [-0.25, -0.2) is 18.2 Å². The zero-order valence-electron chi connectivity index (χ0n) is 18.7. The van der Waals surface area contributed by atoms with E-state index in [9.17, 15) is 22.8 Å². The van der Waals surface area contributed by atoms with Crippen LogP contribution in [0.15, 0.2) is 82.9 Å². The maximum Gasteiger partial charge on any atom is 0.262 e. The van der Waals surface area contributed by atoms with Crippen LogP contribution in [0.4, 0.5) is 18.9 Å². The van der Waals surface area contributed by atoms with Crippen molar-refractivity contribution in [3.05, 3.63) is 101 Å². The predicted octanol–water partition coefficient (Wildman–Crippen LogP) is 5.28. The predicted molar refractivity (Wildman–Crippen MR) is 132 cm³/mol. The van der Waals surface area contributed by atoms with Crippen LogP contribution < -0.4 is 5.32 Å². The van der Waals surface area contributed by atoms with Gasteiger partial charge in [-0.1, -0.05) is 54.2 Å². The number of amidine groups is 1. The lowest BCUT2D eigenvalue weighted by atomic mass is 9.99. The highest BCUT2D eigenvalue weighted by atomic mass is 32.2. The van der Waals surface area contributed by atoms with Gasteiger partial charge in [0.15, 0.2) is 16.8 Å². The molecule has 0 bridgehead atoms. The third-order valence-corrected chi connectivity index (χ3v) is 6.91. The number of anilines is 1. The molecule has 5 rings (SSSR count). The number of carbonyl (C=O) groups is 2. The lowest BCUT2D eigenvalue weighted by Crippen LogP contribution is -2.25. The normalized spacial score (nSPS) is 19.3. The number of hydrogen-bond donors (Lipinski definition) is 1. The monoisotopic (exact) mass is 508 g/mol. The van der Waals surface area contributed by atoms with Crippen LogP contribution in [0.25, 0.3) is 0 Å². The molecule has 0 radical (unpaired) electrons. The fourth-order valence-corrected chi connectivity index (χ4v) is 5.06. The van der Waals surface area contributed by atoms with Gasteiger partial charge in [0, 0.05) is 24.6 Å². The first-order valence-corrected chi connectivity index (χ1v) is 12.0. The quantitative estimate of drug-likeness (QED) is 0.509. The molecule has 36 heavy (non-hydrogen) atoms. The van der Waals surface area contributed by atoms with Crippen LogP contribution >= 0.6 is 11.8 Å². The summed E-state index contributed by atoms with van der Waals surface area (Å²) in [7, 11) is 0. The molecule has 2 aliphatic rings. The van der Waals surface area contributed by atoms with E-state index in [1.54, 1.807) is 17.1 Å². The Morgan fingerprint density at radius 2 is 1.75 bits per heavy atom. The number of thioether (sulfide) groups is 1. The smallest absolute Gasteiger partial charge is 0.262 e. The molecule has 2 aliphatic heterocycles. The van der Waals surface area contributed by atoms with Crippen molar-refractivity contribution in [1.29, 1.82) is 0 Å². The number of hydrogen-bond acceptors (Lipinski definition) is 5. The van der Waals surface area contributed by atoms with E-state index >= 15 is 0 Å². The molecule has 0 fully saturated rings. The van der Waals surface area contributed by atoms with Gasteiger partial charge in [-0.3, -0.25) is 9.59 Å². The number of nitrogens with one attached hydrogen (secondary N) is 1. The summed E-state index contributed by atoms with van der Waals surface area (Å²) in [5.74, 6) is -3.49. The van der Waals surface area contributed by atoms with E-state index in [2.05, 4.69) is 10.3 Å². The van der Waals surface area contributed by atoms with Gasteiger partial charge in [0.2, 0.25) is 5.91 Å². The maximum absolute atomic E-state index is 13.5. The molecule has 3 aromatic rings. The van der Waals surface area contributed by atoms with E-state index in [4.69, 9.17) is 5.10 Å². The summed E-state index contributed by atoms with van der Waals surface area (Å²) in [6.45, 7) is 0. The van der Waals surface area contributed by atoms with Crippen molar-refractivity contribution in [2.75, 3.05) is 5.32 Å². The molecule has 3 aromatic carbocycles. The van der Waals surface area contributed by atoms with E-state index in [1.165, 1.54) is 18.2 Å². The Kier molecular flexibility index (Phi) is 6.60. The Hall–Kier alpha value is -3.92. The first-order valence-electron chi connectivity index (χ1n) is 11.1. The fraction of sp³-hybridized carbons (Fsp3) is 0.154. The van der Waals surface area contributed by atoms with Gasteiger partial charge in [-0.2, -0.15) is 10.1 Å². The molecule has 1 N–H and O–H groups in total. The third-order valence-electron chi connectivity index (χ3n) is 5.77. The number of halogens is 3. The van der Waals surface area contributed by atoms with Crippen molar-refractivity contribution < 1.29 is 22.8 Å². The van der Waals surface area contributed by atoms with Crippen molar-refractivity contribution in [1.82, 2.24) is 5.01 Å². The summed E-state index contributed by atoms with van der Waals surface area (Å²) < 4.78 is 40.1. The summed E-state index contributed by atoms with van der Waals surface area (Å²) in [6, 6.07) is 18.4. The average Bonchev–Trinajstić information content (AvgIpc) is 3.46. The number of benzene rings is 3. The lowest BCUT2D eigenvalue weighted by Gasteiger charge is -2.23. The zero-order chi connectivity index (χ0) is 25.2. The van der Waals surface area contributed by atoms with Crippen LogP contribution in [0.1, 0.15) is 30.0 Å². The van der Waals surface area contributed by atoms with Crippen LogP contribution in [0.3, 0.4) is 0 Å². The van der Waals surface area contributed by atoms with Crippen LogP contribution in [0.5, 0.6) is 0 Å². The molecule has 182 valence electrons.